The van der Waals surface area contributed by atoms with Crippen LogP contribution in [0.2, 0.25) is 0 Å². The number of rotatable bonds is 3. The van der Waals surface area contributed by atoms with Crippen molar-refractivity contribution in [3.05, 3.63) is 29.0 Å². The molecular formula is C13H17ClF3N5S. The van der Waals surface area contributed by atoms with Gasteiger partial charge in [0.2, 0.25) is 0 Å². The van der Waals surface area contributed by atoms with Crippen molar-refractivity contribution in [3.63, 3.8) is 0 Å². The summed E-state index contributed by atoms with van der Waals surface area (Å²) in [6, 6.07) is 0.998. The Bertz CT molecular complexity index is 642. The van der Waals surface area contributed by atoms with E-state index in [4.69, 9.17) is 5.73 Å². The van der Waals surface area contributed by atoms with E-state index in [1.807, 2.05) is 0 Å². The third kappa shape index (κ3) is 4.36. The van der Waals surface area contributed by atoms with E-state index in [1.165, 1.54) is 22.2 Å². The molecular weight excluding hydrogens is 351 g/mol. The predicted octanol–water partition coefficient (Wildman–Crippen LogP) is 3.20. The zero-order valence-electron chi connectivity index (χ0n) is 12.2. The van der Waals surface area contributed by atoms with Gasteiger partial charge in [0, 0.05) is 30.4 Å². The number of thiazole rings is 1. The maximum Gasteiger partial charge on any atom is 0.435 e. The highest BCUT2D eigenvalue weighted by Gasteiger charge is 2.34. The Morgan fingerprint density at radius 2 is 2.17 bits per heavy atom. The zero-order chi connectivity index (χ0) is 15.7. The lowest BCUT2D eigenvalue weighted by Crippen LogP contribution is -2.36. The van der Waals surface area contributed by atoms with Gasteiger partial charge in [-0.3, -0.25) is 9.58 Å². The molecule has 2 N–H and O–H groups in total. The minimum Gasteiger partial charge on any atom is -0.375 e. The highest BCUT2D eigenvalue weighted by atomic mass is 35.5. The molecule has 3 rings (SSSR count). The van der Waals surface area contributed by atoms with Crippen LogP contribution in [0.5, 0.6) is 0 Å². The summed E-state index contributed by atoms with van der Waals surface area (Å²) < 4.78 is 39.3. The van der Waals surface area contributed by atoms with E-state index in [9.17, 15) is 13.2 Å². The van der Waals surface area contributed by atoms with Crippen molar-refractivity contribution in [2.24, 2.45) is 0 Å². The van der Waals surface area contributed by atoms with Crippen molar-refractivity contribution in [2.45, 2.75) is 31.6 Å². The van der Waals surface area contributed by atoms with Gasteiger partial charge in [-0.05, 0) is 25.5 Å². The van der Waals surface area contributed by atoms with Gasteiger partial charge < -0.3 is 5.73 Å². The topological polar surface area (TPSA) is 60.0 Å². The molecule has 1 saturated heterocycles. The summed E-state index contributed by atoms with van der Waals surface area (Å²) in [6.07, 6.45) is 0.543. The van der Waals surface area contributed by atoms with Gasteiger partial charge in [0.15, 0.2) is 10.8 Å². The van der Waals surface area contributed by atoms with E-state index in [0.29, 0.717) is 11.7 Å². The van der Waals surface area contributed by atoms with E-state index in [-0.39, 0.29) is 18.4 Å². The lowest BCUT2D eigenvalue weighted by Gasteiger charge is -2.32. The first-order valence-electron chi connectivity index (χ1n) is 6.97. The second kappa shape index (κ2) is 7.06. The molecule has 3 heterocycles. The standard InChI is InChI=1S/C13H16F3N5S.ClH/c14-13(15,16)11-3-5-21(19-11)9-2-1-4-20(7-9)8-10-6-18-12(17)22-10;/h3,5-6,9H,1-2,4,7-8H2,(H2,17,18);1H. The van der Waals surface area contributed by atoms with Gasteiger partial charge in [-0.1, -0.05) is 0 Å². The van der Waals surface area contributed by atoms with E-state index in [1.54, 1.807) is 6.20 Å². The molecule has 0 saturated carbocycles. The van der Waals surface area contributed by atoms with Crippen LogP contribution in [0.1, 0.15) is 29.5 Å². The molecule has 0 amide bonds. The molecule has 0 aromatic carbocycles. The molecule has 0 radical (unpaired) electrons. The Morgan fingerprint density at radius 3 is 2.78 bits per heavy atom. The average molecular weight is 368 g/mol. The average Bonchev–Trinajstić information content (AvgIpc) is 3.08. The van der Waals surface area contributed by atoms with Gasteiger partial charge in [-0.25, -0.2) is 4.98 Å². The van der Waals surface area contributed by atoms with Crippen LogP contribution in [-0.4, -0.2) is 32.8 Å². The number of hydrogen-bond acceptors (Lipinski definition) is 5. The number of piperidine rings is 1. The monoisotopic (exact) mass is 367 g/mol. The van der Waals surface area contributed by atoms with Crippen LogP contribution < -0.4 is 5.73 Å². The lowest BCUT2D eigenvalue weighted by molar-refractivity contribution is -0.141. The molecule has 5 nitrogen and oxygen atoms in total. The minimum atomic E-state index is -4.39. The number of nitrogens with zero attached hydrogens (tertiary/aromatic N) is 4. The summed E-state index contributed by atoms with van der Waals surface area (Å²) in [5.41, 5.74) is 4.78. The normalized spacial score (nSPS) is 19.5. The van der Waals surface area contributed by atoms with Crippen molar-refractivity contribution < 1.29 is 13.2 Å². The summed E-state index contributed by atoms with van der Waals surface area (Å²) in [5, 5.41) is 4.22. The van der Waals surface area contributed by atoms with E-state index < -0.39 is 11.9 Å². The number of likely N-dealkylation sites (tertiary alicyclic amines) is 1. The van der Waals surface area contributed by atoms with Crippen molar-refractivity contribution in [3.8, 4) is 0 Å². The summed E-state index contributed by atoms with van der Waals surface area (Å²) in [7, 11) is 0. The number of aromatic nitrogens is 3. The van der Waals surface area contributed by atoms with Crippen LogP contribution in [0.15, 0.2) is 18.5 Å². The van der Waals surface area contributed by atoms with Gasteiger partial charge in [0.05, 0.1) is 6.04 Å². The number of nitrogens with two attached hydrogens (primary N) is 1. The molecule has 0 bridgehead atoms. The number of hydrogen-bond donors (Lipinski definition) is 1. The Hall–Kier alpha value is -1.32. The highest BCUT2D eigenvalue weighted by Crippen LogP contribution is 2.29. The molecule has 1 aliphatic heterocycles. The molecule has 1 atom stereocenters. The first kappa shape index (κ1) is 18.0. The maximum absolute atomic E-state index is 12.6. The smallest absolute Gasteiger partial charge is 0.375 e. The third-order valence-corrected chi connectivity index (χ3v) is 4.52. The van der Waals surface area contributed by atoms with Crippen molar-refractivity contribution >= 4 is 28.9 Å². The van der Waals surface area contributed by atoms with Crippen LogP contribution in [-0.2, 0) is 12.7 Å². The molecule has 128 valence electrons. The minimum absolute atomic E-state index is 0. The second-order valence-corrected chi connectivity index (χ2v) is 6.52. The fourth-order valence-electron chi connectivity index (χ4n) is 2.70. The fraction of sp³-hybridized carbons (Fsp3) is 0.538. The third-order valence-electron chi connectivity index (χ3n) is 3.70. The Labute approximate surface area is 141 Å². The summed E-state index contributed by atoms with van der Waals surface area (Å²) in [6.45, 7) is 2.32. The molecule has 1 fully saturated rings. The molecule has 0 spiro atoms. The Balaban J connectivity index is 0.00000192. The zero-order valence-corrected chi connectivity index (χ0v) is 13.8. The summed E-state index contributed by atoms with van der Waals surface area (Å²) in [4.78, 5) is 7.29. The number of anilines is 1. The van der Waals surface area contributed by atoms with Crippen LogP contribution in [0, 0.1) is 0 Å². The van der Waals surface area contributed by atoms with Crippen LogP contribution >= 0.6 is 23.7 Å². The molecule has 2 aromatic heterocycles. The van der Waals surface area contributed by atoms with Gasteiger partial charge in [-0.2, -0.15) is 18.3 Å². The predicted molar refractivity (Wildman–Crippen MR) is 84.6 cm³/mol. The SMILES string of the molecule is Cl.Nc1ncc(CN2CCCC(n3ccc(C(F)(F)F)n3)C2)s1. The van der Waals surface area contributed by atoms with E-state index in [2.05, 4.69) is 15.0 Å². The summed E-state index contributed by atoms with van der Waals surface area (Å²) >= 11 is 1.44. The number of halogens is 4. The molecule has 1 aliphatic rings. The first-order valence-corrected chi connectivity index (χ1v) is 7.78. The van der Waals surface area contributed by atoms with E-state index >= 15 is 0 Å². The van der Waals surface area contributed by atoms with Gasteiger partial charge in [-0.15, -0.1) is 23.7 Å². The Morgan fingerprint density at radius 1 is 1.39 bits per heavy atom. The molecule has 1 unspecified atom stereocenters. The molecule has 10 heteroatoms. The summed E-state index contributed by atoms with van der Waals surface area (Å²) in [5.74, 6) is 0. The second-order valence-electron chi connectivity index (χ2n) is 5.37. The van der Waals surface area contributed by atoms with Crippen molar-refractivity contribution in [1.82, 2.24) is 19.7 Å². The van der Waals surface area contributed by atoms with Gasteiger partial charge in [0.25, 0.3) is 0 Å². The number of nitrogen functional groups attached to an aromatic ring is 1. The fourth-order valence-corrected chi connectivity index (χ4v) is 3.43. The Kier molecular flexibility index (Phi) is 5.53. The van der Waals surface area contributed by atoms with Crippen LogP contribution in [0.4, 0.5) is 18.3 Å². The van der Waals surface area contributed by atoms with Crippen molar-refractivity contribution in [1.29, 1.82) is 0 Å². The lowest BCUT2D eigenvalue weighted by atomic mass is 10.1. The number of alkyl halides is 3. The largest absolute Gasteiger partial charge is 0.435 e. The maximum atomic E-state index is 12.6. The quantitative estimate of drug-likeness (QED) is 0.905. The van der Waals surface area contributed by atoms with Gasteiger partial charge >= 0.3 is 6.18 Å². The molecule has 0 aliphatic carbocycles. The molecule has 23 heavy (non-hydrogen) atoms. The van der Waals surface area contributed by atoms with Crippen LogP contribution in [0.3, 0.4) is 0 Å². The molecule has 2 aromatic rings. The van der Waals surface area contributed by atoms with Crippen molar-refractivity contribution in [2.75, 3.05) is 18.8 Å². The van der Waals surface area contributed by atoms with Gasteiger partial charge in [0.1, 0.15) is 0 Å². The first-order chi connectivity index (χ1) is 10.4. The van der Waals surface area contributed by atoms with Crippen LogP contribution in [0.25, 0.3) is 0 Å². The van der Waals surface area contributed by atoms with E-state index in [0.717, 1.165) is 36.9 Å². The highest BCUT2D eigenvalue weighted by molar-refractivity contribution is 7.15.